The molecule has 0 saturated heterocycles. The van der Waals surface area contributed by atoms with Crippen LogP contribution in [0, 0.1) is 10.1 Å². The molecule has 20 heavy (non-hydrogen) atoms. The number of benzene rings is 2. The molecule has 0 radical (unpaired) electrons. The van der Waals surface area contributed by atoms with Gasteiger partial charge in [0.15, 0.2) is 5.75 Å². The van der Waals surface area contributed by atoms with Crippen LogP contribution in [-0.2, 0) is 6.54 Å². The summed E-state index contributed by atoms with van der Waals surface area (Å²) < 4.78 is 5.71. The molecule has 0 bridgehead atoms. The number of ether oxygens (including phenoxy) is 1. The quantitative estimate of drug-likeness (QED) is 0.673. The van der Waals surface area contributed by atoms with Gasteiger partial charge in [-0.25, -0.2) is 0 Å². The molecule has 0 aliphatic carbocycles. The molecule has 0 heterocycles. The van der Waals surface area contributed by atoms with Crippen molar-refractivity contribution < 1.29 is 9.66 Å². The van der Waals surface area contributed by atoms with Crippen LogP contribution >= 0.6 is 11.6 Å². The van der Waals surface area contributed by atoms with Gasteiger partial charge in [-0.3, -0.25) is 10.1 Å². The third-order valence-corrected chi connectivity index (χ3v) is 3.00. The molecule has 2 aromatic rings. The number of nitrogens with zero attached hydrogens (tertiary/aromatic N) is 1. The van der Waals surface area contributed by atoms with E-state index in [1.807, 2.05) is 25.2 Å². The van der Waals surface area contributed by atoms with Crippen molar-refractivity contribution in [3.63, 3.8) is 0 Å². The largest absolute Gasteiger partial charge is 0.455 e. The highest BCUT2D eigenvalue weighted by molar-refractivity contribution is 6.32. The molecule has 0 saturated carbocycles. The van der Waals surface area contributed by atoms with E-state index < -0.39 is 4.92 Å². The average molecular weight is 293 g/mol. The minimum atomic E-state index is -0.483. The molecule has 1 N–H and O–H groups in total. The van der Waals surface area contributed by atoms with Gasteiger partial charge in [-0.2, -0.15) is 0 Å². The first kappa shape index (κ1) is 14.3. The van der Waals surface area contributed by atoms with Crippen molar-refractivity contribution in [3.05, 3.63) is 63.2 Å². The van der Waals surface area contributed by atoms with Crippen LogP contribution in [0.5, 0.6) is 11.5 Å². The molecule has 0 aliphatic heterocycles. The number of nitrogens with one attached hydrogen (secondary N) is 1. The second-order valence-electron chi connectivity index (χ2n) is 4.11. The van der Waals surface area contributed by atoms with Gasteiger partial charge in [0, 0.05) is 18.2 Å². The first-order valence-corrected chi connectivity index (χ1v) is 6.34. The Balaban J connectivity index is 2.34. The van der Waals surface area contributed by atoms with Gasteiger partial charge in [0.05, 0.1) is 16.0 Å². The molecule has 104 valence electrons. The number of nitro benzene ring substituents is 1. The van der Waals surface area contributed by atoms with Gasteiger partial charge in [0.25, 0.3) is 5.69 Å². The Kier molecular flexibility index (Phi) is 4.55. The van der Waals surface area contributed by atoms with Gasteiger partial charge in [0.1, 0.15) is 5.75 Å². The van der Waals surface area contributed by atoms with E-state index in [4.69, 9.17) is 16.3 Å². The van der Waals surface area contributed by atoms with Crippen molar-refractivity contribution in [1.82, 2.24) is 5.32 Å². The standard InChI is InChI=1S/C14H13ClN2O3/c1-16-9-10-4-2-3-5-13(10)20-14-8-11(17(18)19)6-7-12(14)15/h2-8,16H,9H2,1H3. The number of nitro groups is 1. The first-order valence-electron chi connectivity index (χ1n) is 5.96. The number of para-hydroxylation sites is 1. The third kappa shape index (κ3) is 3.26. The van der Waals surface area contributed by atoms with Crippen molar-refractivity contribution >= 4 is 17.3 Å². The predicted molar refractivity (Wildman–Crippen MR) is 77.4 cm³/mol. The molecule has 6 heteroatoms. The topological polar surface area (TPSA) is 64.4 Å². The summed E-state index contributed by atoms with van der Waals surface area (Å²) in [6.07, 6.45) is 0. The van der Waals surface area contributed by atoms with E-state index in [1.165, 1.54) is 18.2 Å². The summed E-state index contributed by atoms with van der Waals surface area (Å²) in [6.45, 7) is 0.628. The fourth-order valence-corrected chi connectivity index (χ4v) is 1.90. The van der Waals surface area contributed by atoms with Crippen LogP contribution in [0.1, 0.15) is 5.56 Å². The molecule has 5 nitrogen and oxygen atoms in total. The molecule has 0 amide bonds. The smallest absolute Gasteiger partial charge is 0.273 e. The van der Waals surface area contributed by atoms with E-state index in [-0.39, 0.29) is 11.4 Å². The van der Waals surface area contributed by atoms with Crippen LogP contribution in [0.2, 0.25) is 5.02 Å². The lowest BCUT2D eigenvalue weighted by atomic mass is 10.2. The van der Waals surface area contributed by atoms with Gasteiger partial charge in [-0.1, -0.05) is 29.8 Å². The maximum absolute atomic E-state index is 10.8. The van der Waals surface area contributed by atoms with Gasteiger partial charge in [-0.15, -0.1) is 0 Å². The Morgan fingerprint density at radius 3 is 2.70 bits per heavy atom. The summed E-state index contributed by atoms with van der Waals surface area (Å²) in [7, 11) is 1.83. The third-order valence-electron chi connectivity index (χ3n) is 2.69. The highest BCUT2D eigenvalue weighted by atomic mass is 35.5. The van der Waals surface area contributed by atoms with E-state index in [0.717, 1.165) is 5.56 Å². The van der Waals surface area contributed by atoms with E-state index >= 15 is 0 Å². The maximum Gasteiger partial charge on any atom is 0.273 e. The van der Waals surface area contributed by atoms with Gasteiger partial charge in [0.2, 0.25) is 0 Å². The summed E-state index contributed by atoms with van der Waals surface area (Å²) >= 11 is 6.02. The van der Waals surface area contributed by atoms with Crippen molar-refractivity contribution in [3.8, 4) is 11.5 Å². The second-order valence-corrected chi connectivity index (χ2v) is 4.52. The molecular formula is C14H13ClN2O3. The number of rotatable bonds is 5. The van der Waals surface area contributed by atoms with Gasteiger partial charge >= 0.3 is 0 Å². The highest BCUT2D eigenvalue weighted by Crippen LogP contribution is 2.34. The summed E-state index contributed by atoms with van der Waals surface area (Å²) in [5.74, 6) is 0.883. The van der Waals surface area contributed by atoms with Crippen molar-refractivity contribution in [2.75, 3.05) is 7.05 Å². The Morgan fingerprint density at radius 2 is 2.00 bits per heavy atom. The first-order chi connectivity index (χ1) is 9.61. The van der Waals surface area contributed by atoms with Crippen LogP contribution < -0.4 is 10.1 Å². The molecule has 2 rings (SSSR count). The second kappa shape index (κ2) is 6.36. The highest BCUT2D eigenvalue weighted by Gasteiger charge is 2.12. The minimum absolute atomic E-state index is 0.0597. The Hall–Kier alpha value is -2.11. The maximum atomic E-state index is 10.8. The summed E-state index contributed by atoms with van der Waals surface area (Å²) in [4.78, 5) is 10.3. The van der Waals surface area contributed by atoms with Crippen molar-refractivity contribution in [2.45, 2.75) is 6.54 Å². The lowest BCUT2D eigenvalue weighted by Gasteiger charge is -2.11. The van der Waals surface area contributed by atoms with Crippen LogP contribution in [0.3, 0.4) is 0 Å². The Labute approximate surface area is 121 Å². The van der Waals surface area contributed by atoms with E-state index in [9.17, 15) is 10.1 Å². The van der Waals surface area contributed by atoms with E-state index in [2.05, 4.69) is 5.32 Å². The minimum Gasteiger partial charge on any atom is -0.455 e. The fourth-order valence-electron chi connectivity index (χ4n) is 1.74. The summed E-state index contributed by atoms with van der Waals surface area (Å²) in [5, 5.41) is 14.1. The zero-order chi connectivity index (χ0) is 14.5. The normalized spacial score (nSPS) is 10.3. The summed E-state index contributed by atoms with van der Waals surface area (Å²) in [5.41, 5.74) is 0.882. The van der Waals surface area contributed by atoms with Crippen LogP contribution in [-0.4, -0.2) is 12.0 Å². The van der Waals surface area contributed by atoms with Crippen LogP contribution in [0.25, 0.3) is 0 Å². The van der Waals surface area contributed by atoms with E-state index in [0.29, 0.717) is 17.3 Å². The fraction of sp³-hybridized carbons (Fsp3) is 0.143. The monoisotopic (exact) mass is 292 g/mol. The number of halogens is 1. The molecule has 0 spiro atoms. The zero-order valence-electron chi connectivity index (χ0n) is 10.8. The van der Waals surface area contributed by atoms with Gasteiger partial charge < -0.3 is 10.1 Å². The Morgan fingerprint density at radius 1 is 1.25 bits per heavy atom. The number of hydrogen-bond acceptors (Lipinski definition) is 4. The molecule has 0 aliphatic rings. The summed E-state index contributed by atoms with van der Waals surface area (Å²) in [6, 6.07) is 11.6. The Bertz CT molecular complexity index is 632. The zero-order valence-corrected chi connectivity index (χ0v) is 11.6. The molecule has 0 aromatic heterocycles. The molecule has 0 unspecified atom stereocenters. The SMILES string of the molecule is CNCc1ccccc1Oc1cc([N+](=O)[O-])ccc1Cl. The lowest BCUT2D eigenvalue weighted by Crippen LogP contribution is -2.06. The van der Waals surface area contributed by atoms with E-state index in [1.54, 1.807) is 6.07 Å². The predicted octanol–water partition coefficient (Wildman–Crippen LogP) is 3.76. The average Bonchev–Trinajstić information content (AvgIpc) is 2.43. The van der Waals surface area contributed by atoms with Crippen LogP contribution in [0.15, 0.2) is 42.5 Å². The molecule has 0 fully saturated rings. The van der Waals surface area contributed by atoms with Crippen LogP contribution in [0.4, 0.5) is 5.69 Å². The van der Waals surface area contributed by atoms with Gasteiger partial charge in [-0.05, 0) is 19.2 Å². The van der Waals surface area contributed by atoms with Crippen molar-refractivity contribution in [2.24, 2.45) is 0 Å². The molecule has 0 atom stereocenters. The van der Waals surface area contributed by atoms with Crippen molar-refractivity contribution in [1.29, 1.82) is 0 Å². The number of hydrogen-bond donors (Lipinski definition) is 1. The lowest BCUT2D eigenvalue weighted by molar-refractivity contribution is -0.384. The molecule has 2 aromatic carbocycles. The number of non-ortho nitro benzene ring substituents is 1. The molecular weight excluding hydrogens is 280 g/mol.